The van der Waals surface area contributed by atoms with Crippen molar-refractivity contribution in [1.29, 1.82) is 0 Å². The standard InChI is InChI=1S/C11H16N2O3S/c1-8-6-9(17-12-8)7-11(16)2-4-13(5-3-11)10(14)15/h6,16H,2-5,7H2,1H3,(H,14,15). The van der Waals surface area contributed by atoms with E-state index in [0.29, 0.717) is 32.4 Å². The second-order valence-electron chi connectivity index (χ2n) is 4.61. The van der Waals surface area contributed by atoms with Crippen molar-refractivity contribution in [1.82, 2.24) is 9.27 Å². The van der Waals surface area contributed by atoms with Crippen molar-refractivity contribution >= 4 is 17.6 Å². The fourth-order valence-electron chi connectivity index (χ4n) is 2.11. The second-order valence-corrected chi connectivity index (χ2v) is 5.49. The quantitative estimate of drug-likeness (QED) is 0.841. The molecular formula is C11H16N2O3S. The number of aliphatic hydroxyl groups is 1. The molecule has 2 heterocycles. The fraction of sp³-hybridized carbons (Fsp3) is 0.636. The van der Waals surface area contributed by atoms with E-state index in [-0.39, 0.29) is 0 Å². The highest BCUT2D eigenvalue weighted by molar-refractivity contribution is 7.05. The van der Waals surface area contributed by atoms with E-state index < -0.39 is 11.7 Å². The number of nitrogens with zero attached hydrogens (tertiary/aromatic N) is 2. The molecular weight excluding hydrogens is 240 g/mol. The highest BCUT2D eigenvalue weighted by Gasteiger charge is 2.34. The number of hydrogen-bond donors (Lipinski definition) is 2. The Morgan fingerprint density at radius 2 is 2.24 bits per heavy atom. The molecule has 0 radical (unpaired) electrons. The van der Waals surface area contributed by atoms with E-state index in [0.717, 1.165) is 10.6 Å². The van der Waals surface area contributed by atoms with E-state index in [1.165, 1.54) is 16.4 Å². The summed E-state index contributed by atoms with van der Waals surface area (Å²) in [7, 11) is 0. The molecule has 94 valence electrons. The van der Waals surface area contributed by atoms with Crippen LogP contribution in [0.2, 0.25) is 0 Å². The number of likely N-dealkylation sites (tertiary alicyclic amines) is 1. The molecule has 1 saturated heterocycles. The minimum absolute atomic E-state index is 0.406. The lowest BCUT2D eigenvalue weighted by molar-refractivity contribution is -0.0156. The highest BCUT2D eigenvalue weighted by atomic mass is 32.1. The Bertz CT molecular complexity index is 411. The van der Waals surface area contributed by atoms with Crippen LogP contribution in [-0.4, -0.2) is 44.3 Å². The normalized spacial score (nSPS) is 19.3. The molecule has 6 heteroatoms. The van der Waals surface area contributed by atoms with Crippen molar-refractivity contribution in [2.75, 3.05) is 13.1 Å². The number of carbonyl (C=O) groups is 1. The predicted molar refractivity (Wildman–Crippen MR) is 64.3 cm³/mol. The van der Waals surface area contributed by atoms with E-state index >= 15 is 0 Å². The smallest absolute Gasteiger partial charge is 0.407 e. The lowest BCUT2D eigenvalue weighted by Gasteiger charge is -2.36. The Labute approximate surface area is 104 Å². The molecule has 0 unspecified atom stereocenters. The fourth-order valence-corrected chi connectivity index (χ4v) is 2.99. The zero-order chi connectivity index (χ0) is 12.5. The molecule has 0 atom stereocenters. The molecule has 17 heavy (non-hydrogen) atoms. The largest absolute Gasteiger partial charge is 0.465 e. The van der Waals surface area contributed by atoms with Crippen molar-refractivity contribution in [2.45, 2.75) is 31.8 Å². The first-order chi connectivity index (χ1) is 7.98. The molecule has 0 aliphatic carbocycles. The van der Waals surface area contributed by atoms with Gasteiger partial charge in [-0.15, -0.1) is 0 Å². The molecule has 1 aliphatic heterocycles. The van der Waals surface area contributed by atoms with Gasteiger partial charge < -0.3 is 15.1 Å². The van der Waals surface area contributed by atoms with Crippen molar-refractivity contribution in [2.24, 2.45) is 0 Å². The van der Waals surface area contributed by atoms with Gasteiger partial charge in [-0.2, -0.15) is 4.37 Å². The summed E-state index contributed by atoms with van der Waals surface area (Å²) in [6.07, 6.45) is 0.666. The molecule has 2 rings (SSSR count). The average molecular weight is 256 g/mol. The maximum absolute atomic E-state index is 10.8. The maximum atomic E-state index is 10.8. The van der Waals surface area contributed by atoms with Crippen LogP contribution in [0.3, 0.4) is 0 Å². The first-order valence-electron chi connectivity index (χ1n) is 5.61. The summed E-state index contributed by atoms with van der Waals surface area (Å²) in [5, 5.41) is 19.2. The molecule has 1 aromatic heterocycles. The van der Waals surface area contributed by atoms with Gasteiger partial charge in [-0.1, -0.05) is 0 Å². The van der Waals surface area contributed by atoms with E-state index in [1.54, 1.807) is 0 Å². The first kappa shape index (κ1) is 12.3. The SMILES string of the molecule is Cc1cc(CC2(O)CCN(C(=O)O)CC2)sn1. The Hall–Kier alpha value is -1.14. The number of aromatic nitrogens is 1. The number of hydrogen-bond acceptors (Lipinski definition) is 4. The van der Waals surface area contributed by atoms with Gasteiger partial charge in [0.25, 0.3) is 0 Å². The molecule has 1 aromatic rings. The van der Waals surface area contributed by atoms with Crippen LogP contribution in [0.1, 0.15) is 23.4 Å². The van der Waals surface area contributed by atoms with Crippen molar-refractivity contribution < 1.29 is 15.0 Å². The summed E-state index contributed by atoms with van der Waals surface area (Å²) < 4.78 is 4.18. The summed E-state index contributed by atoms with van der Waals surface area (Å²) in [4.78, 5) is 13.2. The maximum Gasteiger partial charge on any atom is 0.407 e. The Balaban J connectivity index is 1.95. The predicted octanol–water partition coefficient (Wildman–Crippen LogP) is 1.50. The van der Waals surface area contributed by atoms with Crippen molar-refractivity contribution in [3.05, 3.63) is 16.6 Å². The van der Waals surface area contributed by atoms with E-state index in [4.69, 9.17) is 5.11 Å². The lowest BCUT2D eigenvalue weighted by Crippen LogP contribution is -2.47. The zero-order valence-electron chi connectivity index (χ0n) is 9.72. The summed E-state index contributed by atoms with van der Waals surface area (Å²) in [6.45, 7) is 2.74. The second kappa shape index (κ2) is 4.62. The average Bonchev–Trinajstić information content (AvgIpc) is 2.63. The summed E-state index contributed by atoms with van der Waals surface area (Å²) in [6, 6.07) is 1.98. The summed E-state index contributed by atoms with van der Waals surface area (Å²) in [5.41, 5.74) is 0.196. The number of piperidine rings is 1. The van der Waals surface area contributed by atoms with Gasteiger partial charge in [0.2, 0.25) is 0 Å². The zero-order valence-corrected chi connectivity index (χ0v) is 10.5. The number of aryl methyl sites for hydroxylation is 1. The Morgan fingerprint density at radius 1 is 1.59 bits per heavy atom. The van der Waals surface area contributed by atoms with Crippen LogP contribution in [0.4, 0.5) is 4.79 Å². The number of amides is 1. The van der Waals surface area contributed by atoms with Crippen LogP contribution in [0, 0.1) is 6.92 Å². The molecule has 2 N–H and O–H groups in total. The molecule has 0 spiro atoms. The van der Waals surface area contributed by atoms with E-state index in [2.05, 4.69) is 4.37 Å². The third-order valence-corrected chi connectivity index (χ3v) is 4.02. The molecule has 0 aromatic carbocycles. The van der Waals surface area contributed by atoms with Crippen LogP contribution in [0.25, 0.3) is 0 Å². The van der Waals surface area contributed by atoms with Gasteiger partial charge in [0.15, 0.2) is 0 Å². The summed E-state index contributed by atoms with van der Waals surface area (Å²) >= 11 is 1.41. The van der Waals surface area contributed by atoms with E-state index in [9.17, 15) is 9.90 Å². The van der Waals surface area contributed by atoms with Crippen LogP contribution in [-0.2, 0) is 6.42 Å². The van der Waals surface area contributed by atoms with Crippen LogP contribution >= 0.6 is 11.5 Å². The lowest BCUT2D eigenvalue weighted by atomic mass is 9.88. The van der Waals surface area contributed by atoms with Gasteiger partial charge in [-0.3, -0.25) is 0 Å². The van der Waals surface area contributed by atoms with Gasteiger partial charge in [0, 0.05) is 24.4 Å². The molecule has 1 fully saturated rings. The van der Waals surface area contributed by atoms with Gasteiger partial charge in [0.1, 0.15) is 0 Å². The minimum Gasteiger partial charge on any atom is -0.465 e. The minimum atomic E-state index is -0.902. The van der Waals surface area contributed by atoms with E-state index in [1.807, 2.05) is 13.0 Å². The number of rotatable bonds is 2. The van der Waals surface area contributed by atoms with Gasteiger partial charge in [-0.05, 0) is 37.4 Å². The van der Waals surface area contributed by atoms with Crippen LogP contribution < -0.4 is 0 Å². The number of carboxylic acid groups (broad SMARTS) is 1. The molecule has 0 bridgehead atoms. The van der Waals surface area contributed by atoms with Gasteiger partial charge in [0.05, 0.1) is 11.3 Å². The van der Waals surface area contributed by atoms with Gasteiger partial charge in [-0.25, -0.2) is 4.79 Å². The Morgan fingerprint density at radius 3 is 2.71 bits per heavy atom. The van der Waals surface area contributed by atoms with Crippen molar-refractivity contribution in [3.63, 3.8) is 0 Å². The Kier molecular flexibility index (Phi) is 3.35. The highest BCUT2D eigenvalue weighted by Crippen LogP contribution is 2.27. The van der Waals surface area contributed by atoms with Crippen LogP contribution in [0.15, 0.2) is 6.07 Å². The third-order valence-electron chi connectivity index (χ3n) is 3.14. The molecule has 0 saturated carbocycles. The van der Waals surface area contributed by atoms with Gasteiger partial charge >= 0.3 is 6.09 Å². The third kappa shape index (κ3) is 2.95. The summed E-state index contributed by atoms with van der Waals surface area (Å²) in [5.74, 6) is 0. The molecule has 5 nitrogen and oxygen atoms in total. The topological polar surface area (TPSA) is 73.7 Å². The molecule has 1 aliphatic rings. The van der Waals surface area contributed by atoms with Crippen molar-refractivity contribution in [3.8, 4) is 0 Å². The molecule has 1 amide bonds. The first-order valence-corrected chi connectivity index (χ1v) is 6.38. The monoisotopic (exact) mass is 256 g/mol. The van der Waals surface area contributed by atoms with Crippen LogP contribution in [0.5, 0.6) is 0 Å².